The Morgan fingerprint density at radius 1 is 1.48 bits per heavy atom. The second kappa shape index (κ2) is 6.64. The van der Waals surface area contributed by atoms with Crippen molar-refractivity contribution in [1.29, 1.82) is 0 Å². The summed E-state index contributed by atoms with van der Waals surface area (Å²) in [5.41, 5.74) is 6.19. The molecule has 0 aliphatic carbocycles. The van der Waals surface area contributed by atoms with Crippen LogP contribution < -0.4 is 10.6 Å². The van der Waals surface area contributed by atoms with Crippen molar-refractivity contribution in [1.82, 2.24) is 0 Å². The second-order valence-corrected chi connectivity index (χ2v) is 6.90. The van der Waals surface area contributed by atoms with E-state index in [2.05, 4.69) is 21.1 Å². The van der Waals surface area contributed by atoms with Gasteiger partial charge in [0.15, 0.2) is 11.7 Å². The third kappa shape index (κ3) is 3.48. The molecule has 0 fully saturated rings. The lowest BCUT2D eigenvalue weighted by Gasteiger charge is -2.20. The first kappa shape index (κ1) is 16.1. The lowest BCUT2D eigenvalue weighted by Crippen LogP contribution is -2.19. The van der Waals surface area contributed by atoms with Crippen LogP contribution in [0.15, 0.2) is 33.9 Å². The molecular weight excluding hydrogens is 381 g/mol. The van der Waals surface area contributed by atoms with E-state index >= 15 is 0 Å². The Bertz CT molecular complexity index is 692. The zero-order valence-corrected chi connectivity index (χ0v) is 14.1. The number of thiophene rings is 1. The molecule has 1 heterocycles. The molecule has 1 aromatic carbocycles. The fraction of sp³-hybridized carbons (Fsp3) is 0.154. The van der Waals surface area contributed by atoms with E-state index in [1.165, 1.54) is 11.3 Å². The van der Waals surface area contributed by atoms with Crippen LogP contribution in [0.4, 0.5) is 10.1 Å². The van der Waals surface area contributed by atoms with Gasteiger partial charge in [0.2, 0.25) is 0 Å². The van der Waals surface area contributed by atoms with Gasteiger partial charge in [-0.05, 0) is 40.2 Å². The number of amidine groups is 1. The normalized spacial score (nSPS) is 11.7. The minimum atomic E-state index is -0.468. The van der Waals surface area contributed by atoms with Crippen molar-refractivity contribution in [3.63, 3.8) is 0 Å². The van der Waals surface area contributed by atoms with Crippen LogP contribution in [0.1, 0.15) is 10.4 Å². The third-order valence-corrected chi connectivity index (χ3v) is 4.87. The monoisotopic (exact) mass is 391 g/mol. The summed E-state index contributed by atoms with van der Waals surface area (Å²) < 4.78 is 15.3. The maximum Gasteiger partial charge on any atom is 0.171 e. The molecule has 0 saturated heterocycles. The van der Waals surface area contributed by atoms with Gasteiger partial charge in [-0.1, -0.05) is 16.8 Å². The van der Waals surface area contributed by atoms with Gasteiger partial charge in [-0.25, -0.2) is 4.39 Å². The van der Waals surface area contributed by atoms with Gasteiger partial charge in [0.05, 0.1) is 21.0 Å². The molecule has 0 amide bonds. The van der Waals surface area contributed by atoms with Crippen molar-refractivity contribution < 1.29 is 9.60 Å². The SMILES string of the molecule is CN(Cc1ccc(Cl)s1)c1ccc(/C(N)=N/O)c(Br)c1F. The lowest BCUT2D eigenvalue weighted by molar-refractivity contribution is 0.318. The molecule has 0 aliphatic heterocycles. The quantitative estimate of drug-likeness (QED) is 0.357. The van der Waals surface area contributed by atoms with Crippen molar-refractivity contribution in [3.8, 4) is 0 Å². The molecular formula is C13H12BrClFN3OS. The molecule has 112 valence electrons. The van der Waals surface area contributed by atoms with Gasteiger partial charge in [-0.15, -0.1) is 11.3 Å². The zero-order chi connectivity index (χ0) is 15.6. The number of hydrogen-bond acceptors (Lipinski definition) is 4. The van der Waals surface area contributed by atoms with E-state index in [4.69, 9.17) is 22.5 Å². The standard InChI is InChI=1S/C13H12BrClFN3OS/c1-19(6-7-2-5-10(15)21-7)9-4-3-8(13(17)18-20)11(14)12(9)16/h2-5,20H,6H2,1H3,(H2,17,18). The minimum absolute atomic E-state index is 0.153. The highest BCUT2D eigenvalue weighted by molar-refractivity contribution is 9.10. The summed E-state index contributed by atoms with van der Waals surface area (Å²) in [5, 5.41) is 11.6. The van der Waals surface area contributed by atoms with Crippen molar-refractivity contribution in [2.24, 2.45) is 10.9 Å². The lowest BCUT2D eigenvalue weighted by atomic mass is 10.1. The fourth-order valence-electron chi connectivity index (χ4n) is 1.84. The van der Waals surface area contributed by atoms with Gasteiger partial charge < -0.3 is 15.8 Å². The molecule has 3 N–H and O–H groups in total. The van der Waals surface area contributed by atoms with Crippen LogP contribution in [-0.2, 0) is 6.54 Å². The highest BCUT2D eigenvalue weighted by Crippen LogP contribution is 2.31. The van der Waals surface area contributed by atoms with E-state index < -0.39 is 5.82 Å². The minimum Gasteiger partial charge on any atom is -0.409 e. The highest BCUT2D eigenvalue weighted by Gasteiger charge is 2.17. The predicted molar refractivity (Wildman–Crippen MR) is 88.0 cm³/mol. The Balaban J connectivity index is 2.30. The Labute approximate surface area is 138 Å². The largest absolute Gasteiger partial charge is 0.409 e. The van der Waals surface area contributed by atoms with Gasteiger partial charge in [0.25, 0.3) is 0 Å². The maximum atomic E-state index is 14.4. The molecule has 8 heteroatoms. The molecule has 0 unspecified atom stereocenters. The van der Waals surface area contributed by atoms with Crippen LogP contribution >= 0.6 is 38.9 Å². The van der Waals surface area contributed by atoms with Crippen molar-refractivity contribution >= 4 is 50.4 Å². The van der Waals surface area contributed by atoms with Crippen LogP contribution in [0.2, 0.25) is 4.34 Å². The number of rotatable bonds is 4. The maximum absolute atomic E-state index is 14.4. The van der Waals surface area contributed by atoms with E-state index in [0.29, 0.717) is 22.1 Å². The topological polar surface area (TPSA) is 61.8 Å². The summed E-state index contributed by atoms with van der Waals surface area (Å²) in [7, 11) is 1.78. The van der Waals surface area contributed by atoms with Crippen LogP contribution in [0.25, 0.3) is 0 Å². The first-order valence-corrected chi connectivity index (χ1v) is 7.84. The number of hydrogen-bond donors (Lipinski definition) is 2. The van der Waals surface area contributed by atoms with Crippen molar-refractivity contribution in [2.75, 3.05) is 11.9 Å². The molecule has 0 atom stereocenters. The molecule has 4 nitrogen and oxygen atoms in total. The Kier molecular flexibility index (Phi) is 5.08. The summed E-state index contributed by atoms with van der Waals surface area (Å²) in [4.78, 5) is 2.79. The number of benzene rings is 1. The Morgan fingerprint density at radius 2 is 2.19 bits per heavy atom. The number of nitrogens with two attached hydrogens (primary N) is 1. The number of halogens is 3. The summed E-state index contributed by atoms with van der Waals surface area (Å²) in [6.45, 7) is 0.531. The van der Waals surface area contributed by atoms with Crippen LogP contribution in [0.5, 0.6) is 0 Å². The molecule has 21 heavy (non-hydrogen) atoms. The summed E-state index contributed by atoms with van der Waals surface area (Å²) in [6, 6.07) is 6.89. The molecule has 0 spiro atoms. The third-order valence-electron chi connectivity index (χ3n) is 2.88. The summed E-state index contributed by atoms with van der Waals surface area (Å²) >= 11 is 10.5. The first-order chi connectivity index (χ1) is 9.93. The highest BCUT2D eigenvalue weighted by atomic mass is 79.9. The number of anilines is 1. The molecule has 2 aromatic rings. The zero-order valence-electron chi connectivity index (χ0n) is 11.0. The summed E-state index contributed by atoms with van der Waals surface area (Å²) in [5.74, 6) is -0.621. The molecule has 0 radical (unpaired) electrons. The van der Waals surface area contributed by atoms with Crippen molar-refractivity contribution in [2.45, 2.75) is 6.54 Å². The Morgan fingerprint density at radius 3 is 2.76 bits per heavy atom. The van der Waals surface area contributed by atoms with Gasteiger partial charge in [-0.3, -0.25) is 0 Å². The van der Waals surface area contributed by atoms with E-state index in [-0.39, 0.29) is 10.3 Å². The van der Waals surface area contributed by atoms with Crippen LogP contribution in [0, 0.1) is 5.82 Å². The second-order valence-electron chi connectivity index (χ2n) is 4.31. The average Bonchev–Trinajstić information content (AvgIpc) is 2.86. The smallest absolute Gasteiger partial charge is 0.171 e. The predicted octanol–water partition coefficient (Wildman–Crippen LogP) is 4.03. The van der Waals surface area contributed by atoms with Crippen LogP contribution in [-0.4, -0.2) is 18.1 Å². The molecule has 0 saturated carbocycles. The van der Waals surface area contributed by atoms with Gasteiger partial charge in [0, 0.05) is 17.5 Å². The van der Waals surface area contributed by atoms with E-state index in [1.54, 1.807) is 24.1 Å². The number of nitrogens with zero attached hydrogens (tertiary/aromatic N) is 2. The van der Waals surface area contributed by atoms with Crippen LogP contribution in [0.3, 0.4) is 0 Å². The average molecular weight is 393 g/mol. The van der Waals surface area contributed by atoms with E-state index in [1.807, 2.05) is 12.1 Å². The Hall–Kier alpha value is -1.31. The fourth-order valence-corrected chi connectivity index (χ4v) is 3.52. The van der Waals surface area contributed by atoms with Crippen molar-refractivity contribution in [3.05, 3.63) is 49.3 Å². The molecule has 1 aromatic heterocycles. The van der Waals surface area contributed by atoms with Gasteiger partial charge >= 0.3 is 0 Å². The number of oxime groups is 1. The molecule has 0 aliphatic rings. The molecule has 0 bridgehead atoms. The first-order valence-electron chi connectivity index (χ1n) is 5.85. The summed E-state index contributed by atoms with van der Waals surface area (Å²) in [6.07, 6.45) is 0. The van der Waals surface area contributed by atoms with Gasteiger partial charge in [0.1, 0.15) is 0 Å². The van der Waals surface area contributed by atoms with E-state index in [9.17, 15) is 4.39 Å². The van der Waals surface area contributed by atoms with E-state index in [0.717, 1.165) is 4.88 Å². The molecule has 2 rings (SSSR count). The van der Waals surface area contributed by atoms with Gasteiger partial charge in [-0.2, -0.15) is 0 Å².